The van der Waals surface area contributed by atoms with Gasteiger partial charge in [-0.05, 0) is 49.2 Å². The zero-order valence-electron chi connectivity index (χ0n) is 15.6. The summed E-state index contributed by atoms with van der Waals surface area (Å²) >= 11 is 6.08. The highest BCUT2D eigenvalue weighted by atomic mass is 35.5. The van der Waals surface area contributed by atoms with Crippen LogP contribution in [0.25, 0.3) is 0 Å². The Morgan fingerprint density at radius 1 is 1.22 bits per heavy atom. The summed E-state index contributed by atoms with van der Waals surface area (Å²) in [5.41, 5.74) is 2.31. The standard InChI is InChI=1S/C20H23ClN2O4/c1-4-9-26-18-8-6-15(11-19(18)25-3)12-22-27-13-20(24)23-17-7-5-14(2)10-16(17)21/h5-8,10-12H,4,9,13H2,1-3H3,(H,23,24)/b22-12-. The third kappa shape index (κ3) is 6.49. The van der Waals surface area contributed by atoms with Gasteiger partial charge in [0.15, 0.2) is 18.1 Å². The van der Waals surface area contributed by atoms with E-state index < -0.39 is 0 Å². The number of oxime groups is 1. The number of nitrogens with one attached hydrogen (secondary N) is 1. The highest BCUT2D eigenvalue weighted by molar-refractivity contribution is 6.33. The molecule has 0 atom stereocenters. The molecule has 27 heavy (non-hydrogen) atoms. The summed E-state index contributed by atoms with van der Waals surface area (Å²) in [5, 5.41) is 6.96. The van der Waals surface area contributed by atoms with Crippen LogP contribution < -0.4 is 14.8 Å². The van der Waals surface area contributed by atoms with Crippen molar-refractivity contribution in [3.63, 3.8) is 0 Å². The van der Waals surface area contributed by atoms with E-state index in [2.05, 4.69) is 10.5 Å². The van der Waals surface area contributed by atoms with E-state index in [0.717, 1.165) is 17.5 Å². The lowest BCUT2D eigenvalue weighted by molar-refractivity contribution is -0.120. The Morgan fingerprint density at radius 2 is 2.04 bits per heavy atom. The molecular formula is C20H23ClN2O4. The summed E-state index contributed by atoms with van der Waals surface area (Å²) in [6.07, 6.45) is 2.41. The number of halogens is 1. The normalized spacial score (nSPS) is 10.7. The molecule has 0 spiro atoms. The Balaban J connectivity index is 1.87. The molecule has 6 nitrogen and oxygen atoms in total. The van der Waals surface area contributed by atoms with Gasteiger partial charge in [0.25, 0.3) is 5.91 Å². The van der Waals surface area contributed by atoms with Crippen LogP contribution in [-0.4, -0.2) is 32.4 Å². The Bertz CT molecular complexity index is 809. The Labute approximate surface area is 164 Å². The van der Waals surface area contributed by atoms with Crippen LogP contribution in [0.2, 0.25) is 5.02 Å². The quantitative estimate of drug-likeness (QED) is 0.507. The first-order chi connectivity index (χ1) is 13.0. The fourth-order valence-electron chi connectivity index (χ4n) is 2.20. The lowest BCUT2D eigenvalue weighted by atomic mass is 10.2. The molecule has 2 rings (SSSR count). The summed E-state index contributed by atoms with van der Waals surface area (Å²) in [6, 6.07) is 10.8. The molecule has 0 saturated heterocycles. The van der Waals surface area contributed by atoms with Crippen LogP contribution in [-0.2, 0) is 9.63 Å². The molecule has 1 N–H and O–H groups in total. The van der Waals surface area contributed by atoms with Gasteiger partial charge in [-0.2, -0.15) is 0 Å². The van der Waals surface area contributed by atoms with Crippen molar-refractivity contribution in [2.24, 2.45) is 5.16 Å². The van der Waals surface area contributed by atoms with Crippen molar-refractivity contribution in [3.05, 3.63) is 52.5 Å². The number of anilines is 1. The molecule has 2 aromatic carbocycles. The zero-order valence-corrected chi connectivity index (χ0v) is 16.4. The average molecular weight is 391 g/mol. The van der Waals surface area contributed by atoms with E-state index in [4.69, 9.17) is 25.9 Å². The van der Waals surface area contributed by atoms with E-state index in [1.54, 1.807) is 25.3 Å². The minimum Gasteiger partial charge on any atom is -0.493 e. The molecule has 0 bridgehead atoms. The summed E-state index contributed by atoms with van der Waals surface area (Å²) < 4.78 is 10.9. The number of rotatable bonds is 9. The van der Waals surface area contributed by atoms with E-state index in [-0.39, 0.29) is 12.5 Å². The number of hydrogen-bond acceptors (Lipinski definition) is 5. The van der Waals surface area contributed by atoms with Gasteiger partial charge in [-0.3, -0.25) is 4.79 Å². The van der Waals surface area contributed by atoms with E-state index in [1.807, 2.05) is 32.0 Å². The Kier molecular flexibility index (Phi) is 7.95. The number of benzene rings is 2. The van der Waals surface area contributed by atoms with Crippen molar-refractivity contribution in [2.45, 2.75) is 20.3 Å². The molecule has 2 aromatic rings. The molecule has 0 unspecified atom stereocenters. The monoisotopic (exact) mass is 390 g/mol. The molecule has 0 fully saturated rings. The van der Waals surface area contributed by atoms with Crippen molar-refractivity contribution in [2.75, 3.05) is 25.6 Å². The van der Waals surface area contributed by atoms with E-state index in [1.165, 1.54) is 6.21 Å². The van der Waals surface area contributed by atoms with Gasteiger partial charge in [-0.25, -0.2) is 0 Å². The van der Waals surface area contributed by atoms with Crippen LogP contribution in [0.3, 0.4) is 0 Å². The smallest absolute Gasteiger partial charge is 0.265 e. The summed E-state index contributed by atoms with van der Waals surface area (Å²) in [7, 11) is 1.58. The number of carbonyl (C=O) groups is 1. The third-order valence-corrected chi connectivity index (χ3v) is 3.83. The maximum atomic E-state index is 11.9. The van der Waals surface area contributed by atoms with Gasteiger partial charge < -0.3 is 19.6 Å². The second-order valence-electron chi connectivity index (χ2n) is 5.80. The predicted octanol–water partition coefficient (Wildman–Crippen LogP) is 4.44. The SMILES string of the molecule is CCCOc1ccc(/C=N\OCC(=O)Nc2ccc(C)cc2Cl)cc1OC. The fraction of sp³-hybridized carbons (Fsp3) is 0.300. The number of nitrogens with zero attached hydrogens (tertiary/aromatic N) is 1. The van der Waals surface area contributed by atoms with Gasteiger partial charge in [-0.1, -0.05) is 29.7 Å². The molecule has 0 aromatic heterocycles. The van der Waals surface area contributed by atoms with Gasteiger partial charge in [-0.15, -0.1) is 0 Å². The molecule has 1 amide bonds. The van der Waals surface area contributed by atoms with Gasteiger partial charge in [0.1, 0.15) is 0 Å². The summed E-state index contributed by atoms with van der Waals surface area (Å²) in [5.74, 6) is 0.935. The van der Waals surface area contributed by atoms with Crippen LogP contribution in [0.4, 0.5) is 5.69 Å². The first-order valence-corrected chi connectivity index (χ1v) is 8.93. The van der Waals surface area contributed by atoms with Crippen LogP contribution in [0.15, 0.2) is 41.6 Å². The highest BCUT2D eigenvalue weighted by Gasteiger charge is 2.07. The third-order valence-electron chi connectivity index (χ3n) is 3.52. The number of hydrogen-bond donors (Lipinski definition) is 1. The van der Waals surface area contributed by atoms with Crippen molar-refractivity contribution in [1.29, 1.82) is 0 Å². The maximum absolute atomic E-state index is 11.9. The summed E-state index contributed by atoms with van der Waals surface area (Å²) in [6.45, 7) is 4.35. The maximum Gasteiger partial charge on any atom is 0.265 e. The van der Waals surface area contributed by atoms with Crippen LogP contribution in [0.5, 0.6) is 11.5 Å². The van der Waals surface area contributed by atoms with Crippen molar-refractivity contribution in [3.8, 4) is 11.5 Å². The number of amides is 1. The van der Waals surface area contributed by atoms with Gasteiger partial charge in [0.05, 0.1) is 30.6 Å². The van der Waals surface area contributed by atoms with Gasteiger partial charge in [0, 0.05) is 5.56 Å². The van der Waals surface area contributed by atoms with Crippen molar-refractivity contribution in [1.82, 2.24) is 0 Å². The second-order valence-corrected chi connectivity index (χ2v) is 6.21. The van der Waals surface area contributed by atoms with Crippen molar-refractivity contribution >= 4 is 29.4 Å². The van der Waals surface area contributed by atoms with E-state index in [0.29, 0.717) is 28.8 Å². The lowest BCUT2D eigenvalue weighted by Gasteiger charge is -2.10. The highest BCUT2D eigenvalue weighted by Crippen LogP contribution is 2.27. The average Bonchev–Trinajstić information content (AvgIpc) is 2.66. The summed E-state index contributed by atoms with van der Waals surface area (Å²) in [4.78, 5) is 16.9. The largest absolute Gasteiger partial charge is 0.493 e. The first kappa shape index (κ1) is 20.6. The number of carbonyl (C=O) groups excluding carboxylic acids is 1. The Hall–Kier alpha value is -2.73. The number of ether oxygens (including phenoxy) is 2. The minimum absolute atomic E-state index is 0.227. The van der Waals surface area contributed by atoms with E-state index in [9.17, 15) is 4.79 Å². The van der Waals surface area contributed by atoms with Gasteiger partial charge >= 0.3 is 0 Å². The topological polar surface area (TPSA) is 69.2 Å². The van der Waals surface area contributed by atoms with Gasteiger partial charge in [0.2, 0.25) is 0 Å². The molecule has 0 aliphatic carbocycles. The lowest BCUT2D eigenvalue weighted by Crippen LogP contribution is -2.17. The molecule has 144 valence electrons. The molecule has 0 aliphatic rings. The molecule has 0 heterocycles. The van der Waals surface area contributed by atoms with Crippen LogP contribution >= 0.6 is 11.6 Å². The molecular weight excluding hydrogens is 368 g/mol. The molecule has 0 saturated carbocycles. The van der Waals surface area contributed by atoms with E-state index >= 15 is 0 Å². The second kappa shape index (κ2) is 10.4. The van der Waals surface area contributed by atoms with Crippen molar-refractivity contribution < 1.29 is 19.1 Å². The number of aryl methyl sites for hydroxylation is 1. The fourth-order valence-corrected chi connectivity index (χ4v) is 2.48. The Morgan fingerprint density at radius 3 is 2.74 bits per heavy atom. The minimum atomic E-state index is -0.348. The zero-order chi connectivity index (χ0) is 19.6. The molecule has 0 radical (unpaired) electrons. The molecule has 0 aliphatic heterocycles. The number of methoxy groups -OCH3 is 1. The first-order valence-electron chi connectivity index (χ1n) is 8.55. The van der Waals surface area contributed by atoms with Crippen LogP contribution in [0, 0.1) is 6.92 Å². The predicted molar refractivity (Wildman–Crippen MR) is 107 cm³/mol. The van der Waals surface area contributed by atoms with Crippen LogP contribution in [0.1, 0.15) is 24.5 Å². The molecule has 7 heteroatoms.